The smallest absolute Gasteiger partial charge is 0.257 e. The zero-order valence-electron chi connectivity index (χ0n) is 13.1. The molecule has 5 heteroatoms. The van der Waals surface area contributed by atoms with Gasteiger partial charge in [0.1, 0.15) is 5.75 Å². The van der Waals surface area contributed by atoms with Crippen molar-refractivity contribution in [2.24, 2.45) is 7.05 Å². The quantitative estimate of drug-likeness (QED) is 0.944. The number of benzene rings is 1. The van der Waals surface area contributed by atoms with Crippen LogP contribution in [0.5, 0.6) is 5.75 Å². The first-order chi connectivity index (χ1) is 9.82. The Morgan fingerprint density at radius 3 is 2.33 bits per heavy atom. The van der Waals surface area contributed by atoms with E-state index in [-0.39, 0.29) is 17.7 Å². The van der Waals surface area contributed by atoms with Crippen LogP contribution < -0.4 is 0 Å². The molecule has 0 bridgehead atoms. The summed E-state index contributed by atoms with van der Waals surface area (Å²) >= 11 is 0. The Kier molecular flexibility index (Phi) is 4.02. The SMILES string of the molecule is Cc1nn(C)c(C)c1C(=O)N(C)C(C)c1ccc(O)cc1. The van der Waals surface area contributed by atoms with Gasteiger partial charge in [0.15, 0.2) is 0 Å². The minimum Gasteiger partial charge on any atom is -0.508 e. The normalized spacial score (nSPS) is 12.2. The Balaban J connectivity index is 2.28. The zero-order valence-corrected chi connectivity index (χ0v) is 13.1. The Bertz CT molecular complexity index is 659. The minimum atomic E-state index is -0.0860. The summed E-state index contributed by atoms with van der Waals surface area (Å²) in [5.41, 5.74) is 3.24. The predicted octanol–water partition coefficient (Wildman–Crippen LogP) is 2.58. The van der Waals surface area contributed by atoms with Crippen LogP contribution in [0.2, 0.25) is 0 Å². The minimum absolute atomic E-state index is 0.0429. The molecule has 1 heterocycles. The molecule has 0 aliphatic rings. The summed E-state index contributed by atoms with van der Waals surface area (Å²) in [6, 6.07) is 6.83. The summed E-state index contributed by atoms with van der Waals surface area (Å²) in [5.74, 6) is 0.178. The number of carbonyl (C=O) groups excluding carboxylic acids is 1. The molecule has 0 spiro atoms. The maximum absolute atomic E-state index is 12.7. The Morgan fingerprint density at radius 1 is 1.29 bits per heavy atom. The second-order valence-electron chi connectivity index (χ2n) is 5.35. The largest absolute Gasteiger partial charge is 0.508 e. The van der Waals surface area contributed by atoms with Crippen molar-refractivity contribution < 1.29 is 9.90 Å². The number of hydrogen-bond acceptors (Lipinski definition) is 3. The van der Waals surface area contributed by atoms with Crippen molar-refractivity contribution in [3.05, 3.63) is 46.8 Å². The van der Waals surface area contributed by atoms with Gasteiger partial charge in [-0.2, -0.15) is 5.10 Å². The van der Waals surface area contributed by atoms with Crippen LogP contribution in [0.4, 0.5) is 0 Å². The number of rotatable bonds is 3. The Hall–Kier alpha value is -2.30. The van der Waals surface area contributed by atoms with Crippen molar-refractivity contribution in [2.75, 3.05) is 7.05 Å². The molecular formula is C16H21N3O2. The molecule has 0 aliphatic heterocycles. The van der Waals surface area contributed by atoms with E-state index in [9.17, 15) is 9.90 Å². The zero-order chi connectivity index (χ0) is 15.7. The van der Waals surface area contributed by atoms with Crippen molar-refractivity contribution in [3.8, 4) is 5.75 Å². The van der Waals surface area contributed by atoms with Gasteiger partial charge in [0.05, 0.1) is 17.3 Å². The highest BCUT2D eigenvalue weighted by atomic mass is 16.3. The van der Waals surface area contributed by atoms with Gasteiger partial charge in [-0.25, -0.2) is 0 Å². The van der Waals surface area contributed by atoms with Crippen molar-refractivity contribution >= 4 is 5.91 Å². The molecule has 1 aromatic carbocycles. The number of phenols is 1. The van der Waals surface area contributed by atoms with E-state index in [1.807, 2.05) is 40.0 Å². The number of aryl methyl sites for hydroxylation is 2. The average molecular weight is 287 g/mol. The van der Waals surface area contributed by atoms with Gasteiger partial charge in [0.25, 0.3) is 5.91 Å². The lowest BCUT2D eigenvalue weighted by Gasteiger charge is -2.25. The molecule has 1 amide bonds. The summed E-state index contributed by atoms with van der Waals surface area (Å²) in [5, 5.41) is 13.6. The fraction of sp³-hybridized carbons (Fsp3) is 0.375. The highest BCUT2D eigenvalue weighted by molar-refractivity contribution is 5.96. The topological polar surface area (TPSA) is 58.4 Å². The molecule has 2 aromatic rings. The third-order valence-electron chi connectivity index (χ3n) is 4.00. The lowest BCUT2D eigenvalue weighted by atomic mass is 10.1. The standard InChI is InChI=1S/C16H21N3O2/c1-10-15(12(3)19(5)17-10)16(21)18(4)11(2)13-6-8-14(20)9-7-13/h6-9,11,20H,1-5H3. The molecule has 112 valence electrons. The molecule has 1 N–H and O–H groups in total. The highest BCUT2D eigenvalue weighted by Crippen LogP contribution is 2.24. The van der Waals surface area contributed by atoms with E-state index in [0.29, 0.717) is 5.56 Å². The third kappa shape index (κ3) is 2.77. The maximum atomic E-state index is 12.7. The van der Waals surface area contributed by atoms with Crippen LogP contribution in [0.3, 0.4) is 0 Å². The first-order valence-electron chi connectivity index (χ1n) is 6.89. The first-order valence-corrected chi connectivity index (χ1v) is 6.89. The van der Waals surface area contributed by atoms with E-state index in [4.69, 9.17) is 0 Å². The van der Waals surface area contributed by atoms with Crippen LogP contribution in [0.1, 0.15) is 40.3 Å². The van der Waals surface area contributed by atoms with Gasteiger partial charge in [-0.15, -0.1) is 0 Å². The van der Waals surface area contributed by atoms with Gasteiger partial charge in [0.2, 0.25) is 0 Å². The van der Waals surface area contributed by atoms with Crippen molar-refractivity contribution in [3.63, 3.8) is 0 Å². The molecule has 0 aliphatic carbocycles. The van der Waals surface area contributed by atoms with Crippen LogP contribution in [0, 0.1) is 13.8 Å². The molecule has 0 radical (unpaired) electrons. The fourth-order valence-electron chi connectivity index (χ4n) is 2.41. The lowest BCUT2D eigenvalue weighted by Crippen LogP contribution is -2.30. The number of nitrogens with zero attached hydrogens (tertiary/aromatic N) is 3. The van der Waals surface area contributed by atoms with Crippen LogP contribution >= 0.6 is 0 Å². The number of amides is 1. The van der Waals surface area contributed by atoms with Gasteiger partial charge in [-0.3, -0.25) is 9.48 Å². The number of aromatic nitrogens is 2. The predicted molar refractivity (Wildman–Crippen MR) is 81.3 cm³/mol. The molecular weight excluding hydrogens is 266 g/mol. The van der Waals surface area contributed by atoms with Gasteiger partial charge in [-0.1, -0.05) is 12.1 Å². The van der Waals surface area contributed by atoms with E-state index < -0.39 is 0 Å². The van der Waals surface area contributed by atoms with Gasteiger partial charge in [-0.05, 0) is 38.5 Å². The van der Waals surface area contributed by atoms with E-state index in [1.54, 1.807) is 28.8 Å². The molecule has 1 atom stereocenters. The van der Waals surface area contributed by atoms with Crippen LogP contribution in [0.15, 0.2) is 24.3 Å². The van der Waals surface area contributed by atoms with Gasteiger partial charge < -0.3 is 10.0 Å². The summed E-state index contributed by atoms with van der Waals surface area (Å²) in [7, 11) is 3.62. The molecule has 1 aromatic heterocycles. The summed E-state index contributed by atoms with van der Waals surface area (Å²) in [6.07, 6.45) is 0. The Morgan fingerprint density at radius 2 is 1.86 bits per heavy atom. The number of phenolic OH excluding ortho intramolecular Hbond substituents is 1. The monoisotopic (exact) mass is 287 g/mol. The van der Waals surface area contributed by atoms with E-state index in [1.165, 1.54) is 0 Å². The lowest BCUT2D eigenvalue weighted by molar-refractivity contribution is 0.0741. The molecule has 5 nitrogen and oxygen atoms in total. The molecule has 21 heavy (non-hydrogen) atoms. The van der Waals surface area contributed by atoms with Gasteiger partial charge >= 0.3 is 0 Å². The van der Waals surface area contributed by atoms with E-state index >= 15 is 0 Å². The molecule has 0 saturated heterocycles. The number of carbonyl (C=O) groups is 1. The second-order valence-corrected chi connectivity index (χ2v) is 5.35. The second kappa shape index (κ2) is 5.60. The molecule has 0 saturated carbocycles. The van der Waals surface area contributed by atoms with Crippen LogP contribution in [-0.2, 0) is 7.05 Å². The summed E-state index contributed by atoms with van der Waals surface area (Å²) < 4.78 is 1.72. The highest BCUT2D eigenvalue weighted by Gasteiger charge is 2.24. The average Bonchev–Trinajstić information content (AvgIpc) is 2.70. The van der Waals surface area contributed by atoms with Crippen molar-refractivity contribution in [2.45, 2.75) is 26.8 Å². The summed E-state index contributed by atoms with van der Waals surface area (Å²) in [4.78, 5) is 14.4. The molecule has 0 fully saturated rings. The number of aromatic hydroxyl groups is 1. The van der Waals surface area contributed by atoms with Crippen LogP contribution in [-0.4, -0.2) is 32.7 Å². The van der Waals surface area contributed by atoms with E-state index in [0.717, 1.165) is 17.0 Å². The number of hydrogen-bond donors (Lipinski definition) is 1. The first kappa shape index (κ1) is 15.1. The molecule has 2 rings (SSSR count). The molecule has 1 unspecified atom stereocenters. The van der Waals surface area contributed by atoms with Crippen molar-refractivity contribution in [1.82, 2.24) is 14.7 Å². The van der Waals surface area contributed by atoms with Crippen molar-refractivity contribution in [1.29, 1.82) is 0 Å². The maximum Gasteiger partial charge on any atom is 0.257 e. The third-order valence-corrected chi connectivity index (χ3v) is 4.00. The fourth-order valence-corrected chi connectivity index (χ4v) is 2.41. The summed E-state index contributed by atoms with van der Waals surface area (Å²) in [6.45, 7) is 5.71. The Labute approximate surface area is 124 Å². The van der Waals surface area contributed by atoms with Gasteiger partial charge in [0, 0.05) is 19.8 Å². The van der Waals surface area contributed by atoms with Crippen LogP contribution in [0.25, 0.3) is 0 Å². The van der Waals surface area contributed by atoms with E-state index in [2.05, 4.69) is 5.10 Å².